The number of ether oxygens (including phenoxy) is 2. The lowest BCUT2D eigenvalue weighted by Crippen LogP contribution is -2.17. The molecule has 19 heavy (non-hydrogen) atoms. The Labute approximate surface area is 110 Å². The van der Waals surface area contributed by atoms with Crippen molar-refractivity contribution >= 4 is 22.5 Å². The lowest BCUT2D eigenvalue weighted by Gasteiger charge is -2.05. The molecule has 0 unspecified atom stereocenters. The molecule has 0 radical (unpaired) electrons. The fraction of sp³-hybridized carbons (Fsp3) is 0.200. The highest BCUT2D eigenvalue weighted by atomic mass is 16.5. The molecule has 0 aromatic heterocycles. The first kappa shape index (κ1) is 13.1. The van der Waals surface area contributed by atoms with Gasteiger partial charge in [0.05, 0.1) is 13.7 Å². The van der Waals surface area contributed by atoms with E-state index in [1.54, 1.807) is 38.3 Å². The summed E-state index contributed by atoms with van der Waals surface area (Å²) in [4.78, 5) is 23.2. The Morgan fingerprint density at radius 2 is 1.74 bits per heavy atom. The van der Waals surface area contributed by atoms with Crippen LogP contribution in [0.3, 0.4) is 0 Å². The Morgan fingerprint density at radius 3 is 2.42 bits per heavy atom. The number of benzene rings is 2. The smallest absolute Gasteiger partial charge is 0.379 e. The number of ketones is 1. The molecule has 4 heteroatoms. The fourth-order valence-electron chi connectivity index (χ4n) is 1.81. The molecule has 0 heterocycles. The number of carbonyl (C=O) groups excluding carboxylic acids is 2. The van der Waals surface area contributed by atoms with E-state index in [0.717, 1.165) is 16.5 Å². The fourth-order valence-corrected chi connectivity index (χ4v) is 1.81. The van der Waals surface area contributed by atoms with Gasteiger partial charge >= 0.3 is 5.97 Å². The number of fused-ring (bicyclic) bond motifs is 1. The Hall–Kier alpha value is -2.36. The van der Waals surface area contributed by atoms with E-state index in [9.17, 15) is 9.59 Å². The topological polar surface area (TPSA) is 52.6 Å². The second kappa shape index (κ2) is 5.52. The van der Waals surface area contributed by atoms with Crippen molar-refractivity contribution in [3.8, 4) is 5.75 Å². The van der Waals surface area contributed by atoms with Crippen LogP contribution in [0.2, 0.25) is 0 Å². The molecule has 0 atom stereocenters. The maximum atomic E-state index is 11.8. The molecule has 0 aliphatic rings. The molecule has 98 valence electrons. The first-order valence-corrected chi connectivity index (χ1v) is 5.95. The molecule has 0 N–H and O–H groups in total. The summed E-state index contributed by atoms with van der Waals surface area (Å²) >= 11 is 0. The van der Waals surface area contributed by atoms with Gasteiger partial charge in [-0.15, -0.1) is 0 Å². The van der Waals surface area contributed by atoms with E-state index in [1.165, 1.54) is 0 Å². The number of hydrogen-bond donors (Lipinski definition) is 0. The van der Waals surface area contributed by atoms with Gasteiger partial charge in [0, 0.05) is 5.56 Å². The van der Waals surface area contributed by atoms with Gasteiger partial charge in [-0.05, 0) is 35.9 Å². The SMILES string of the molecule is CCOC(=O)C(=O)c1ccc2cc(OC)ccc2c1. The number of rotatable bonds is 4. The zero-order valence-corrected chi connectivity index (χ0v) is 10.8. The van der Waals surface area contributed by atoms with E-state index < -0.39 is 11.8 Å². The van der Waals surface area contributed by atoms with Gasteiger partial charge in [0.15, 0.2) is 0 Å². The van der Waals surface area contributed by atoms with Crippen molar-refractivity contribution in [1.29, 1.82) is 0 Å². The summed E-state index contributed by atoms with van der Waals surface area (Å²) in [5.41, 5.74) is 0.330. The second-order valence-electron chi connectivity index (χ2n) is 3.98. The first-order chi connectivity index (χ1) is 9.15. The molecule has 0 fully saturated rings. The maximum absolute atomic E-state index is 11.8. The van der Waals surface area contributed by atoms with Crippen LogP contribution in [0.15, 0.2) is 36.4 Å². The summed E-state index contributed by atoms with van der Waals surface area (Å²) in [6.07, 6.45) is 0. The molecule has 0 aliphatic heterocycles. The largest absolute Gasteiger partial charge is 0.497 e. The standard InChI is InChI=1S/C15H14O4/c1-3-19-15(17)14(16)12-5-4-11-9-13(18-2)7-6-10(11)8-12/h4-9H,3H2,1-2H3. The van der Waals surface area contributed by atoms with Crippen molar-refractivity contribution in [2.24, 2.45) is 0 Å². The van der Waals surface area contributed by atoms with Gasteiger partial charge in [-0.25, -0.2) is 4.79 Å². The molecule has 0 saturated carbocycles. The number of carbonyl (C=O) groups is 2. The van der Waals surface area contributed by atoms with E-state index in [4.69, 9.17) is 9.47 Å². The van der Waals surface area contributed by atoms with E-state index in [1.807, 2.05) is 12.1 Å². The van der Waals surface area contributed by atoms with Crippen molar-refractivity contribution in [2.75, 3.05) is 13.7 Å². The van der Waals surface area contributed by atoms with Gasteiger partial charge < -0.3 is 9.47 Å². The highest BCUT2D eigenvalue weighted by Gasteiger charge is 2.17. The predicted molar refractivity (Wildman–Crippen MR) is 71.5 cm³/mol. The Morgan fingerprint density at radius 1 is 1.05 bits per heavy atom. The Balaban J connectivity index is 2.36. The summed E-state index contributed by atoms with van der Waals surface area (Å²) in [5.74, 6) is -0.702. The van der Waals surface area contributed by atoms with Crippen molar-refractivity contribution in [3.05, 3.63) is 42.0 Å². The van der Waals surface area contributed by atoms with Crippen molar-refractivity contribution < 1.29 is 19.1 Å². The molecule has 0 spiro atoms. The van der Waals surface area contributed by atoms with Crippen LogP contribution >= 0.6 is 0 Å². The molecule has 0 amide bonds. The van der Waals surface area contributed by atoms with Crippen LogP contribution in [0.25, 0.3) is 10.8 Å². The van der Waals surface area contributed by atoms with Gasteiger partial charge in [-0.1, -0.05) is 18.2 Å². The molecular weight excluding hydrogens is 244 g/mol. The molecule has 2 aromatic carbocycles. The lowest BCUT2D eigenvalue weighted by atomic mass is 10.0. The van der Waals surface area contributed by atoms with Crippen LogP contribution in [0.1, 0.15) is 17.3 Å². The molecular formula is C15H14O4. The third-order valence-corrected chi connectivity index (χ3v) is 2.77. The van der Waals surface area contributed by atoms with Crippen LogP contribution in [-0.2, 0) is 9.53 Å². The first-order valence-electron chi connectivity index (χ1n) is 5.95. The van der Waals surface area contributed by atoms with Crippen molar-refractivity contribution in [1.82, 2.24) is 0 Å². The minimum absolute atomic E-state index is 0.190. The van der Waals surface area contributed by atoms with E-state index in [0.29, 0.717) is 5.56 Å². The third-order valence-electron chi connectivity index (χ3n) is 2.77. The highest BCUT2D eigenvalue weighted by Crippen LogP contribution is 2.22. The van der Waals surface area contributed by atoms with Crippen LogP contribution < -0.4 is 4.74 Å². The Bertz CT molecular complexity index is 631. The van der Waals surface area contributed by atoms with Gasteiger partial charge in [0.25, 0.3) is 5.78 Å². The molecule has 4 nitrogen and oxygen atoms in total. The lowest BCUT2D eigenvalue weighted by molar-refractivity contribution is -0.137. The van der Waals surface area contributed by atoms with Gasteiger partial charge in [-0.3, -0.25) is 4.79 Å². The summed E-state index contributed by atoms with van der Waals surface area (Å²) in [6, 6.07) is 10.6. The van der Waals surface area contributed by atoms with E-state index in [2.05, 4.69) is 0 Å². The van der Waals surface area contributed by atoms with Crippen LogP contribution in [-0.4, -0.2) is 25.5 Å². The summed E-state index contributed by atoms with van der Waals surface area (Å²) < 4.78 is 9.83. The van der Waals surface area contributed by atoms with Crippen molar-refractivity contribution in [3.63, 3.8) is 0 Å². The summed E-state index contributed by atoms with van der Waals surface area (Å²) in [5, 5.41) is 1.82. The minimum Gasteiger partial charge on any atom is -0.497 e. The summed E-state index contributed by atoms with van der Waals surface area (Å²) in [6.45, 7) is 1.85. The number of esters is 1. The number of Topliss-reactive ketones (excluding diaryl/α,β-unsaturated/α-hetero) is 1. The zero-order valence-electron chi connectivity index (χ0n) is 10.8. The molecule has 0 saturated heterocycles. The van der Waals surface area contributed by atoms with Crippen LogP contribution in [0, 0.1) is 0 Å². The average molecular weight is 258 g/mol. The number of methoxy groups -OCH3 is 1. The quantitative estimate of drug-likeness (QED) is 0.480. The van der Waals surface area contributed by atoms with Gasteiger partial charge in [0.2, 0.25) is 0 Å². The Kier molecular flexibility index (Phi) is 3.80. The van der Waals surface area contributed by atoms with Crippen LogP contribution in [0.5, 0.6) is 5.75 Å². The monoisotopic (exact) mass is 258 g/mol. The zero-order chi connectivity index (χ0) is 13.8. The van der Waals surface area contributed by atoms with Gasteiger partial charge in [0.1, 0.15) is 5.75 Å². The van der Waals surface area contributed by atoms with E-state index in [-0.39, 0.29) is 6.61 Å². The summed E-state index contributed by atoms with van der Waals surface area (Å²) in [7, 11) is 1.60. The number of hydrogen-bond acceptors (Lipinski definition) is 4. The molecule has 2 rings (SSSR count). The average Bonchev–Trinajstić information content (AvgIpc) is 2.45. The molecule has 2 aromatic rings. The normalized spacial score (nSPS) is 10.2. The predicted octanol–water partition coefficient (Wildman–Crippen LogP) is 2.59. The van der Waals surface area contributed by atoms with Crippen LogP contribution in [0.4, 0.5) is 0 Å². The minimum atomic E-state index is -0.824. The van der Waals surface area contributed by atoms with Gasteiger partial charge in [-0.2, -0.15) is 0 Å². The third kappa shape index (κ3) is 2.73. The van der Waals surface area contributed by atoms with Crippen molar-refractivity contribution in [2.45, 2.75) is 6.92 Å². The maximum Gasteiger partial charge on any atom is 0.379 e. The van der Waals surface area contributed by atoms with E-state index >= 15 is 0 Å². The second-order valence-corrected chi connectivity index (χ2v) is 3.98. The molecule has 0 aliphatic carbocycles. The molecule has 0 bridgehead atoms. The highest BCUT2D eigenvalue weighted by molar-refractivity contribution is 6.40.